The van der Waals surface area contributed by atoms with Crippen molar-refractivity contribution in [1.29, 1.82) is 0 Å². The lowest BCUT2D eigenvalue weighted by Gasteiger charge is -2.24. The fourth-order valence-electron chi connectivity index (χ4n) is 3.37. The summed E-state index contributed by atoms with van der Waals surface area (Å²) in [7, 11) is 0. The Kier molecular flexibility index (Phi) is 8.65. The lowest BCUT2D eigenvalue weighted by atomic mass is 9.91. The number of nitrogens with one attached hydrogen (secondary N) is 1. The van der Waals surface area contributed by atoms with E-state index in [2.05, 4.69) is 10.3 Å². The maximum atomic E-state index is 13.3. The minimum absolute atomic E-state index is 0.0956. The van der Waals surface area contributed by atoms with Gasteiger partial charge >= 0.3 is 18.0 Å². The number of ether oxygens (including phenoxy) is 3. The summed E-state index contributed by atoms with van der Waals surface area (Å²) in [6.45, 7) is 15.9. The number of benzene rings is 1. The third-order valence-electron chi connectivity index (χ3n) is 4.67. The van der Waals surface area contributed by atoms with Crippen molar-refractivity contribution in [1.82, 2.24) is 10.3 Å². The highest BCUT2D eigenvalue weighted by molar-refractivity contribution is 6.07. The molecule has 0 bridgehead atoms. The Bertz CT molecular complexity index is 1090. The fraction of sp³-hybridized carbons (Fsp3) is 0.481. The van der Waals surface area contributed by atoms with E-state index in [1.54, 1.807) is 55.4 Å². The van der Waals surface area contributed by atoms with Gasteiger partial charge in [-0.3, -0.25) is 4.98 Å². The molecule has 1 amide bonds. The van der Waals surface area contributed by atoms with Crippen molar-refractivity contribution >= 4 is 18.0 Å². The van der Waals surface area contributed by atoms with Crippen LogP contribution >= 0.6 is 0 Å². The number of hydrogen-bond acceptors (Lipinski definition) is 7. The molecule has 1 aromatic carbocycles. The van der Waals surface area contributed by atoms with E-state index in [9.17, 15) is 14.4 Å². The molecule has 0 spiro atoms. The molecule has 35 heavy (non-hydrogen) atoms. The highest BCUT2D eigenvalue weighted by atomic mass is 16.6. The van der Waals surface area contributed by atoms with Gasteiger partial charge < -0.3 is 19.5 Å². The number of carbonyl (C=O) groups excluding carboxylic acids is 3. The van der Waals surface area contributed by atoms with Crippen molar-refractivity contribution in [2.45, 2.75) is 80.1 Å². The molecule has 1 aromatic heterocycles. The van der Waals surface area contributed by atoms with Gasteiger partial charge in [-0.05, 0) is 67.9 Å². The van der Waals surface area contributed by atoms with Crippen LogP contribution in [-0.2, 0) is 20.8 Å². The average molecular weight is 485 g/mol. The van der Waals surface area contributed by atoms with Crippen molar-refractivity contribution in [3.63, 3.8) is 0 Å². The molecule has 1 heterocycles. The van der Waals surface area contributed by atoms with Gasteiger partial charge in [-0.15, -0.1) is 0 Å². The molecule has 0 unspecified atom stereocenters. The minimum Gasteiger partial charge on any atom is -0.462 e. The van der Waals surface area contributed by atoms with Gasteiger partial charge in [0.2, 0.25) is 0 Å². The predicted molar refractivity (Wildman–Crippen MR) is 133 cm³/mol. The molecule has 0 aliphatic carbocycles. The quantitative estimate of drug-likeness (QED) is 0.425. The van der Waals surface area contributed by atoms with Gasteiger partial charge in [0.05, 0.1) is 35.7 Å². The van der Waals surface area contributed by atoms with Crippen LogP contribution in [0.3, 0.4) is 0 Å². The van der Waals surface area contributed by atoms with E-state index in [4.69, 9.17) is 14.2 Å². The lowest BCUT2D eigenvalue weighted by Crippen LogP contribution is -2.33. The van der Waals surface area contributed by atoms with Crippen LogP contribution in [0, 0.1) is 13.8 Å². The van der Waals surface area contributed by atoms with Gasteiger partial charge in [0, 0.05) is 5.56 Å². The van der Waals surface area contributed by atoms with Gasteiger partial charge in [-0.25, -0.2) is 14.4 Å². The summed E-state index contributed by atoms with van der Waals surface area (Å²) in [5.41, 5.74) is 1.45. The second-order valence-corrected chi connectivity index (χ2v) is 10.2. The topological polar surface area (TPSA) is 104 Å². The largest absolute Gasteiger partial charge is 0.462 e. The van der Waals surface area contributed by atoms with Crippen LogP contribution in [0.4, 0.5) is 4.79 Å². The Hall–Kier alpha value is -3.42. The molecule has 0 aliphatic rings. The van der Waals surface area contributed by atoms with Crippen molar-refractivity contribution in [3.8, 4) is 11.1 Å². The molecule has 190 valence electrons. The summed E-state index contributed by atoms with van der Waals surface area (Å²) in [6, 6.07) is 7.42. The van der Waals surface area contributed by atoms with E-state index in [0.29, 0.717) is 16.8 Å². The number of pyridine rings is 1. The standard InChI is InChI=1S/C27H36N2O6/c1-10-33-23(30)22-19(15-28-25(32)35-27(7,8)9)29-17(3)20(24(31)34-26(4,5)6)21(22)18-13-11-16(2)12-14-18/h11-14H,10,15H2,1-9H3,(H,28,32). The van der Waals surface area contributed by atoms with Crippen molar-refractivity contribution < 1.29 is 28.6 Å². The molecule has 0 radical (unpaired) electrons. The van der Waals surface area contributed by atoms with E-state index >= 15 is 0 Å². The molecule has 0 saturated carbocycles. The van der Waals surface area contributed by atoms with E-state index in [1.165, 1.54) is 0 Å². The van der Waals surface area contributed by atoms with Crippen molar-refractivity contribution in [2.75, 3.05) is 6.61 Å². The van der Waals surface area contributed by atoms with Gasteiger partial charge in [0.1, 0.15) is 11.2 Å². The first kappa shape index (κ1) is 27.8. The summed E-state index contributed by atoms with van der Waals surface area (Å²) < 4.78 is 16.3. The number of carbonyl (C=O) groups is 3. The van der Waals surface area contributed by atoms with Crippen molar-refractivity contribution in [2.24, 2.45) is 0 Å². The summed E-state index contributed by atoms with van der Waals surface area (Å²) in [5, 5.41) is 2.65. The number of rotatable bonds is 6. The number of nitrogens with zero attached hydrogens (tertiary/aromatic N) is 1. The molecule has 0 saturated heterocycles. The Morgan fingerprint density at radius 3 is 1.94 bits per heavy atom. The van der Waals surface area contributed by atoms with E-state index in [-0.39, 0.29) is 30.0 Å². The first-order valence-electron chi connectivity index (χ1n) is 11.6. The van der Waals surface area contributed by atoms with Crippen LogP contribution < -0.4 is 5.32 Å². The zero-order valence-corrected chi connectivity index (χ0v) is 22.1. The van der Waals surface area contributed by atoms with Crippen molar-refractivity contribution in [3.05, 3.63) is 52.3 Å². The number of amides is 1. The summed E-state index contributed by atoms with van der Waals surface area (Å²) in [6.07, 6.45) is -0.653. The Labute approximate surface area is 207 Å². The zero-order valence-electron chi connectivity index (χ0n) is 22.1. The molecular weight excluding hydrogens is 448 g/mol. The number of aryl methyl sites for hydroxylation is 2. The first-order chi connectivity index (χ1) is 16.1. The van der Waals surface area contributed by atoms with Crippen LogP contribution in [0.15, 0.2) is 24.3 Å². The molecular formula is C27H36N2O6. The number of hydrogen-bond donors (Lipinski definition) is 1. The maximum Gasteiger partial charge on any atom is 0.407 e. The average Bonchev–Trinajstić information content (AvgIpc) is 2.69. The molecule has 2 aromatic rings. The molecule has 8 nitrogen and oxygen atoms in total. The number of alkyl carbamates (subject to hydrolysis) is 1. The highest BCUT2D eigenvalue weighted by Crippen LogP contribution is 2.34. The van der Waals surface area contributed by atoms with E-state index in [0.717, 1.165) is 5.56 Å². The summed E-state index contributed by atoms with van der Waals surface area (Å²) in [4.78, 5) is 43.3. The zero-order chi connectivity index (χ0) is 26.6. The summed E-state index contributed by atoms with van der Waals surface area (Å²) >= 11 is 0. The van der Waals surface area contributed by atoms with E-state index < -0.39 is 29.2 Å². The van der Waals surface area contributed by atoms with Gasteiger partial charge in [-0.1, -0.05) is 29.8 Å². The monoisotopic (exact) mass is 484 g/mol. The number of esters is 2. The molecule has 8 heteroatoms. The van der Waals surface area contributed by atoms with Crippen LogP contribution in [0.25, 0.3) is 11.1 Å². The Balaban J connectivity index is 2.75. The minimum atomic E-state index is -0.755. The van der Waals surface area contributed by atoms with E-state index in [1.807, 2.05) is 31.2 Å². The third-order valence-corrected chi connectivity index (χ3v) is 4.67. The molecule has 0 atom stereocenters. The summed E-state index contributed by atoms with van der Waals surface area (Å²) in [5.74, 6) is -1.25. The van der Waals surface area contributed by atoms with Crippen LogP contribution in [0.2, 0.25) is 0 Å². The highest BCUT2D eigenvalue weighted by Gasteiger charge is 2.31. The van der Waals surface area contributed by atoms with Gasteiger partial charge in [0.15, 0.2) is 0 Å². The van der Waals surface area contributed by atoms with Crippen LogP contribution in [-0.4, -0.2) is 40.8 Å². The predicted octanol–water partition coefficient (Wildman–Crippen LogP) is 5.52. The van der Waals surface area contributed by atoms with Gasteiger partial charge in [-0.2, -0.15) is 0 Å². The van der Waals surface area contributed by atoms with Gasteiger partial charge in [0.25, 0.3) is 0 Å². The normalized spacial score (nSPS) is 11.6. The fourth-order valence-corrected chi connectivity index (χ4v) is 3.37. The Morgan fingerprint density at radius 2 is 1.43 bits per heavy atom. The Morgan fingerprint density at radius 1 is 0.857 bits per heavy atom. The molecule has 0 aliphatic heterocycles. The molecule has 1 N–H and O–H groups in total. The van der Waals surface area contributed by atoms with Crippen LogP contribution in [0.5, 0.6) is 0 Å². The number of aromatic nitrogens is 1. The first-order valence-corrected chi connectivity index (χ1v) is 11.6. The third kappa shape index (κ3) is 7.80. The van der Waals surface area contributed by atoms with Crippen LogP contribution in [0.1, 0.15) is 86.1 Å². The second kappa shape index (κ2) is 10.9. The SMILES string of the molecule is CCOC(=O)c1c(CNC(=O)OC(C)(C)C)nc(C)c(C(=O)OC(C)(C)C)c1-c1ccc(C)cc1. The maximum absolute atomic E-state index is 13.3. The molecule has 2 rings (SSSR count). The lowest BCUT2D eigenvalue weighted by molar-refractivity contribution is 0.00686. The second-order valence-electron chi connectivity index (χ2n) is 10.2. The smallest absolute Gasteiger partial charge is 0.407 e. The molecule has 0 fully saturated rings.